The lowest BCUT2D eigenvalue weighted by Gasteiger charge is -2.19. The van der Waals surface area contributed by atoms with Crippen LogP contribution in [0.3, 0.4) is 0 Å². The Bertz CT molecular complexity index is 385. The maximum atomic E-state index is 11.1. The molecule has 0 saturated heterocycles. The summed E-state index contributed by atoms with van der Waals surface area (Å²) in [5.74, 6) is 1.13. The average Bonchev–Trinajstić information content (AvgIpc) is 2.61. The van der Waals surface area contributed by atoms with Crippen LogP contribution in [0, 0.1) is 5.92 Å². The second-order valence-electron chi connectivity index (χ2n) is 8.01. The summed E-state index contributed by atoms with van der Waals surface area (Å²) in [6, 6.07) is 0. The number of Topliss-reactive ketones (excluding diaryl/α,β-unsaturated/α-hetero) is 1. The van der Waals surface area contributed by atoms with Gasteiger partial charge in [-0.15, -0.1) is 0 Å². The predicted molar refractivity (Wildman–Crippen MR) is 111 cm³/mol. The minimum atomic E-state index is 0.330. The lowest BCUT2D eigenvalue weighted by molar-refractivity contribution is -0.117. The van der Waals surface area contributed by atoms with Crippen molar-refractivity contribution >= 4 is 5.78 Å². The zero-order chi connectivity index (χ0) is 18.2. The monoisotopic (exact) mass is 346 g/mol. The molecular formula is C24H42O. The van der Waals surface area contributed by atoms with Gasteiger partial charge in [0.1, 0.15) is 5.78 Å². The van der Waals surface area contributed by atoms with Crippen LogP contribution in [-0.4, -0.2) is 5.78 Å². The molecule has 0 bridgehead atoms. The lowest BCUT2D eigenvalue weighted by atomic mass is 9.87. The van der Waals surface area contributed by atoms with Crippen molar-refractivity contribution in [3.05, 3.63) is 23.8 Å². The first-order valence-corrected chi connectivity index (χ1v) is 11.1. The molecule has 0 spiro atoms. The van der Waals surface area contributed by atoms with E-state index in [-0.39, 0.29) is 0 Å². The summed E-state index contributed by atoms with van der Waals surface area (Å²) in [7, 11) is 0. The Balaban J connectivity index is 2.34. The minimum absolute atomic E-state index is 0.330. The van der Waals surface area contributed by atoms with E-state index < -0.39 is 0 Å². The van der Waals surface area contributed by atoms with E-state index in [9.17, 15) is 4.79 Å². The molecule has 25 heavy (non-hydrogen) atoms. The Morgan fingerprint density at radius 1 is 0.880 bits per heavy atom. The summed E-state index contributed by atoms with van der Waals surface area (Å²) < 4.78 is 0. The first-order valence-electron chi connectivity index (χ1n) is 11.1. The van der Waals surface area contributed by atoms with Crippen LogP contribution in [0.5, 0.6) is 0 Å². The molecule has 0 amide bonds. The molecule has 1 aliphatic rings. The van der Waals surface area contributed by atoms with Crippen LogP contribution in [0.1, 0.15) is 117 Å². The maximum absolute atomic E-state index is 11.1. The molecule has 0 aromatic rings. The molecule has 1 aliphatic carbocycles. The highest BCUT2D eigenvalue weighted by Gasteiger charge is 2.11. The van der Waals surface area contributed by atoms with Gasteiger partial charge in [-0.3, -0.25) is 0 Å². The number of carbonyl (C=O) groups is 1. The number of unbranched alkanes of at least 4 members (excludes halogenated alkanes) is 7. The van der Waals surface area contributed by atoms with Gasteiger partial charge in [0.25, 0.3) is 0 Å². The zero-order valence-corrected chi connectivity index (χ0v) is 17.0. The van der Waals surface area contributed by atoms with Gasteiger partial charge in [-0.05, 0) is 57.8 Å². The predicted octanol–water partition coefficient (Wildman–Crippen LogP) is 7.95. The van der Waals surface area contributed by atoms with Crippen LogP contribution < -0.4 is 0 Å². The van der Waals surface area contributed by atoms with Crippen LogP contribution in [0.25, 0.3) is 0 Å². The maximum Gasteiger partial charge on any atom is 0.129 e. The average molecular weight is 347 g/mol. The molecule has 0 aliphatic heterocycles. The fourth-order valence-corrected chi connectivity index (χ4v) is 3.81. The van der Waals surface area contributed by atoms with E-state index in [4.69, 9.17) is 0 Å². The Morgan fingerprint density at radius 2 is 1.56 bits per heavy atom. The number of hydrogen-bond acceptors (Lipinski definition) is 1. The molecule has 1 fully saturated rings. The highest BCUT2D eigenvalue weighted by molar-refractivity contribution is 5.75. The fourth-order valence-electron chi connectivity index (χ4n) is 3.81. The van der Waals surface area contributed by atoms with Gasteiger partial charge >= 0.3 is 0 Å². The van der Waals surface area contributed by atoms with Crippen molar-refractivity contribution in [1.29, 1.82) is 0 Å². The standard InChI is InChI=1S/C24H42O/c1-3-4-5-6-7-8-9-11-17-24(20-15-14-16-22(2)25)21-23-18-12-10-13-19-23/h11,17,21,23H,3-10,12-16,18-20H2,1-2H3/b17-11+,24-21-. The van der Waals surface area contributed by atoms with E-state index in [0.29, 0.717) is 5.78 Å². The first-order chi connectivity index (χ1) is 12.2. The number of hydrogen-bond donors (Lipinski definition) is 0. The topological polar surface area (TPSA) is 17.1 Å². The van der Waals surface area contributed by atoms with Crippen LogP contribution in [0.4, 0.5) is 0 Å². The van der Waals surface area contributed by atoms with Gasteiger partial charge in [-0.2, -0.15) is 0 Å². The van der Waals surface area contributed by atoms with Gasteiger partial charge < -0.3 is 4.79 Å². The van der Waals surface area contributed by atoms with Crippen molar-refractivity contribution < 1.29 is 4.79 Å². The third-order valence-corrected chi connectivity index (χ3v) is 5.40. The van der Waals surface area contributed by atoms with Crippen molar-refractivity contribution in [2.24, 2.45) is 5.92 Å². The van der Waals surface area contributed by atoms with E-state index in [2.05, 4.69) is 25.2 Å². The first kappa shape index (κ1) is 22.2. The highest BCUT2D eigenvalue weighted by Crippen LogP contribution is 2.27. The largest absolute Gasteiger partial charge is 0.300 e. The molecule has 1 heteroatoms. The highest BCUT2D eigenvalue weighted by atomic mass is 16.1. The molecule has 1 nitrogen and oxygen atoms in total. The van der Waals surface area contributed by atoms with Gasteiger partial charge in [0.15, 0.2) is 0 Å². The van der Waals surface area contributed by atoms with Crippen molar-refractivity contribution in [1.82, 2.24) is 0 Å². The van der Waals surface area contributed by atoms with E-state index in [1.165, 1.54) is 82.6 Å². The minimum Gasteiger partial charge on any atom is -0.300 e. The normalized spacial score (nSPS) is 16.6. The molecule has 0 heterocycles. The molecule has 144 valence electrons. The second kappa shape index (κ2) is 15.4. The molecule has 0 unspecified atom stereocenters. The Morgan fingerprint density at radius 3 is 2.28 bits per heavy atom. The van der Waals surface area contributed by atoms with Gasteiger partial charge in [-0.1, -0.05) is 82.1 Å². The Kier molecular flexibility index (Phi) is 13.7. The summed E-state index contributed by atoms with van der Waals surface area (Å²) in [6.45, 7) is 3.98. The molecule has 1 saturated carbocycles. The number of allylic oxidation sites excluding steroid dienone is 4. The molecule has 0 atom stereocenters. The van der Waals surface area contributed by atoms with E-state index >= 15 is 0 Å². The third-order valence-electron chi connectivity index (χ3n) is 5.40. The Hall–Kier alpha value is -0.850. The van der Waals surface area contributed by atoms with Crippen LogP contribution in [0.2, 0.25) is 0 Å². The molecular weight excluding hydrogens is 304 g/mol. The molecule has 0 radical (unpaired) electrons. The van der Waals surface area contributed by atoms with Gasteiger partial charge in [0.2, 0.25) is 0 Å². The number of ketones is 1. The van der Waals surface area contributed by atoms with Crippen LogP contribution in [0.15, 0.2) is 23.8 Å². The summed E-state index contributed by atoms with van der Waals surface area (Å²) >= 11 is 0. The van der Waals surface area contributed by atoms with Crippen LogP contribution in [-0.2, 0) is 4.79 Å². The molecule has 0 N–H and O–H groups in total. The fraction of sp³-hybridized carbons (Fsp3) is 0.792. The van der Waals surface area contributed by atoms with Crippen molar-refractivity contribution in [3.8, 4) is 0 Å². The van der Waals surface area contributed by atoms with E-state index in [1.807, 2.05) is 0 Å². The number of rotatable bonds is 14. The van der Waals surface area contributed by atoms with Crippen molar-refractivity contribution in [2.45, 2.75) is 117 Å². The molecule has 1 rings (SSSR count). The number of carbonyl (C=O) groups excluding carboxylic acids is 1. The summed E-state index contributed by atoms with van der Waals surface area (Å²) in [5.41, 5.74) is 1.53. The van der Waals surface area contributed by atoms with Gasteiger partial charge in [0.05, 0.1) is 0 Å². The van der Waals surface area contributed by atoms with Crippen LogP contribution >= 0.6 is 0 Å². The quantitative estimate of drug-likeness (QED) is 0.230. The molecule has 0 aromatic carbocycles. The van der Waals surface area contributed by atoms with Gasteiger partial charge in [-0.25, -0.2) is 0 Å². The summed E-state index contributed by atoms with van der Waals surface area (Å²) in [6.07, 6.45) is 27.9. The second-order valence-corrected chi connectivity index (χ2v) is 8.01. The smallest absolute Gasteiger partial charge is 0.129 e. The summed E-state index contributed by atoms with van der Waals surface area (Å²) in [5, 5.41) is 0. The van der Waals surface area contributed by atoms with E-state index in [1.54, 1.807) is 6.92 Å². The van der Waals surface area contributed by atoms with E-state index in [0.717, 1.165) is 31.6 Å². The lowest BCUT2D eigenvalue weighted by Crippen LogP contribution is -2.03. The zero-order valence-electron chi connectivity index (χ0n) is 17.0. The third kappa shape index (κ3) is 13.1. The van der Waals surface area contributed by atoms with Crippen molar-refractivity contribution in [2.75, 3.05) is 0 Å². The summed E-state index contributed by atoms with van der Waals surface area (Å²) in [4.78, 5) is 11.1. The van der Waals surface area contributed by atoms with Crippen molar-refractivity contribution in [3.63, 3.8) is 0 Å². The SMILES string of the molecule is CCCCCCCC/C=C/C(=C/C1CCCCC1)CCCCC(C)=O. The van der Waals surface area contributed by atoms with Gasteiger partial charge in [0, 0.05) is 6.42 Å². The molecule has 0 aromatic heterocycles. The Labute approximate surface area is 157 Å².